The van der Waals surface area contributed by atoms with Crippen LogP contribution < -0.4 is 5.73 Å². The largest absolute Gasteiger partial charge is 0.394 e. The Labute approximate surface area is 117 Å². The fourth-order valence-electron chi connectivity index (χ4n) is 2.14. The van der Waals surface area contributed by atoms with Crippen molar-refractivity contribution in [1.29, 1.82) is 0 Å². The molecule has 2 aliphatic rings. The highest BCUT2D eigenvalue weighted by molar-refractivity contribution is 6.13. The van der Waals surface area contributed by atoms with Crippen LogP contribution in [0.15, 0.2) is 33.9 Å². The second kappa shape index (κ2) is 6.44. The molecule has 0 spiro atoms. The molecule has 2 heterocycles. The minimum absolute atomic E-state index is 0.0395. The number of rotatable bonds is 4. The molecule has 0 aliphatic carbocycles. The number of nitrogens with zero attached hydrogens (tertiary/aromatic N) is 3. The van der Waals surface area contributed by atoms with E-state index in [1.54, 1.807) is 25.4 Å². The molecule has 0 saturated carbocycles. The Hall–Kier alpha value is -1.99. The Morgan fingerprint density at radius 2 is 2.40 bits per heavy atom. The average Bonchev–Trinajstić information content (AvgIpc) is 2.94. The van der Waals surface area contributed by atoms with E-state index in [1.165, 1.54) is 4.90 Å². The summed E-state index contributed by atoms with van der Waals surface area (Å²) in [6, 6.07) is 0. The lowest BCUT2D eigenvalue weighted by atomic mass is 10.2. The maximum atomic E-state index is 11.2. The predicted molar refractivity (Wildman–Crippen MR) is 75.1 cm³/mol. The van der Waals surface area contributed by atoms with E-state index in [0.29, 0.717) is 30.1 Å². The molecule has 0 aromatic rings. The summed E-state index contributed by atoms with van der Waals surface area (Å²) >= 11 is 0. The standard InChI is InChI=1S/C13H18N4O3/c1-15-13-9(2-4-11(14)16-13)6-17(8-19)12-5-3-10(7-18)20-12/h2,4,6,8,10,12,18H,3,5,7H2,1H3,(H2,14,15,16)/b9-6-. The first-order chi connectivity index (χ1) is 9.67. The molecule has 1 amide bonds. The maximum Gasteiger partial charge on any atom is 0.215 e. The van der Waals surface area contributed by atoms with E-state index in [0.717, 1.165) is 6.42 Å². The summed E-state index contributed by atoms with van der Waals surface area (Å²) in [5, 5.41) is 9.06. The van der Waals surface area contributed by atoms with Crippen LogP contribution in [-0.2, 0) is 9.53 Å². The molecule has 7 heteroatoms. The minimum atomic E-state index is -0.369. The van der Waals surface area contributed by atoms with E-state index in [9.17, 15) is 4.79 Å². The molecule has 2 unspecified atom stereocenters. The van der Waals surface area contributed by atoms with Crippen LogP contribution in [0.5, 0.6) is 0 Å². The van der Waals surface area contributed by atoms with E-state index in [-0.39, 0.29) is 18.9 Å². The van der Waals surface area contributed by atoms with Crippen LogP contribution in [0, 0.1) is 0 Å². The number of aliphatic hydroxyl groups excluding tert-OH is 1. The molecule has 1 saturated heterocycles. The number of hydrogen-bond donors (Lipinski definition) is 2. The van der Waals surface area contributed by atoms with Crippen molar-refractivity contribution in [2.24, 2.45) is 15.7 Å². The summed E-state index contributed by atoms with van der Waals surface area (Å²) in [5.74, 6) is 0.839. The first-order valence-electron chi connectivity index (χ1n) is 6.38. The van der Waals surface area contributed by atoms with Crippen molar-refractivity contribution in [2.45, 2.75) is 25.2 Å². The van der Waals surface area contributed by atoms with Crippen molar-refractivity contribution in [1.82, 2.24) is 4.90 Å². The smallest absolute Gasteiger partial charge is 0.215 e. The minimum Gasteiger partial charge on any atom is -0.394 e. The predicted octanol–water partition coefficient (Wildman–Crippen LogP) is -0.219. The summed E-state index contributed by atoms with van der Waals surface area (Å²) < 4.78 is 5.57. The number of amidine groups is 2. The molecular formula is C13H18N4O3. The molecule has 2 atom stereocenters. The second-order valence-electron chi connectivity index (χ2n) is 4.53. The molecule has 3 N–H and O–H groups in total. The van der Waals surface area contributed by atoms with Crippen LogP contribution in [0.4, 0.5) is 0 Å². The molecule has 2 aliphatic heterocycles. The van der Waals surface area contributed by atoms with Gasteiger partial charge in [0.05, 0.1) is 12.7 Å². The zero-order valence-electron chi connectivity index (χ0n) is 11.3. The molecule has 1 fully saturated rings. The number of amides is 1. The Bertz CT molecular complexity index is 496. The quantitative estimate of drug-likeness (QED) is 0.694. The molecule has 7 nitrogen and oxygen atoms in total. The van der Waals surface area contributed by atoms with Gasteiger partial charge in [0.1, 0.15) is 12.1 Å². The van der Waals surface area contributed by atoms with Gasteiger partial charge in [-0.3, -0.25) is 14.7 Å². The molecule has 0 radical (unpaired) electrons. The van der Waals surface area contributed by atoms with Gasteiger partial charge in [0.15, 0.2) is 5.84 Å². The molecule has 20 heavy (non-hydrogen) atoms. The molecule has 108 valence electrons. The number of ether oxygens (including phenoxy) is 1. The van der Waals surface area contributed by atoms with E-state index in [2.05, 4.69) is 9.98 Å². The number of aliphatic hydroxyl groups is 1. The molecule has 0 aromatic heterocycles. The number of carbonyl (C=O) groups is 1. The van der Waals surface area contributed by atoms with Gasteiger partial charge < -0.3 is 15.6 Å². The monoisotopic (exact) mass is 278 g/mol. The van der Waals surface area contributed by atoms with Crippen LogP contribution in [0.2, 0.25) is 0 Å². The Balaban J connectivity index is 2.15. The van der Waals surface area contributed by atoms with E-state index in [1.807, 2.05) is 0 Å². The van der Waals surface area contributed by atoms with Gasteiger partial charge in [0.2, 0.25) is 6.41 Å². The van der Waals surface area contributed by atoms with Crippen molar-refractivity contribution >= 4 is 18.1 Å². The summed E-state index contributed by atoms with van der Waals surface area (Å²) in [5.41, 5.74) is 6.29. The topological polar surface area (TPSA) is 101 Å². The van der Waals surface area contributed by atoms with E-state index < -0.39 is 0 Å². The Morgan fingerprint density at radius 3 is 3.00 bits per heavy atom. The number of hydrogen-bond acceptors (Lipinski definition) is 5. The van der Waals surface area contributed by atoms with Crippen LogP contribution in [0.3, 0.4) is 0 Å². The fraction of sp³-hybridized carbons (Fsp3) is 0.462. The molecule has 2 rings (SSSR count). The van der Waals surface area contributed by atoms with Gasteiger partial charge in [-0.2, -0.15) is 0 Å². The number of carbonyl (C=O) groups excluding carboxylic acids is 1. The highest BCUT2D eigenvalue weighted by Crippen LogP contribution is 2.23. The third-order valence-corrected chi connectivity index (χ3v) is 3.17. The zero-order chi connectivity index (χ0) is 14.5. The van der Waals surface area contributed by atoms with Crippen molar-refractivity contribution in [3.63, 3.8) is 0 Å². The van der Waals surface area contributed by atoms with Gasteiger partial charge in [-0.15, -0.1) is 0 Å². The highest BCUT2D eigenvalue weighted by atomic mass is 16.5. The van der Waals surface area contributed by atoms with Gasteiger partial charge in [0.25, 0.3) is 0 Å². The van der Waals surface area contributed by atoms with E-state index in [4.69, 9.17) is 15.6 Å². The Morgan fingerprint density at radius 1 is 1.60 bits per heavy atom. The molecule has 0 bridgehead atoms. The average molecular weight is 278 g/mol. The van der Waals surface area contributed by atoms with Crippen LogP contribution >= 0.6 is 0 Å². The second-order valence-corrected chi connectivity index (χ2v) is 4.53. The number of aliphatic imine (C=N–C) groups is 2. The van der Waals surface area contributed by atoms with Crippen molar-refractivity contribution in [3.05, 3.63) is 23.9 Å². The summed E-state index contributed by atoms with van der Waals surface area (Å²) in [6.45, 7) is -0.0395. The summed E-state index contributed by atoms with van der Waals surface area (Å²) in [7, 11) is 1.61. The number of dihydropyridines is 1. The lowest BCUT2D eigenvalue weighted by Crippen LogP contribution is -2.31. The van der Waals surface area contributed by atoms with Gasteiger partial charge in [-0.05, 0) is 25.0 Å². The van der Waals surface area contributed by atoms with E-state index >= 15 is 0 Å². The van der Waals surface area contributed by atoms with Crippen LogP contribution in [0.1, 0.15) is 12.8 Å². The van der Waals surface area contributed by atoms with Crippen molar-refractivity contribution in [3.8, 4) is 0 Å². The molecular weight excluding hydrogens is 260 g/mol. The normalized spacial score (nSPS) is 29.8. The lowest BCUT2D eigenvalue weighted by Gasteiger charge is -2.22. The fourth-order valence-corrected chi connectivity index (χ4v) is 2.14. The van der Waals surface area contributed by atoms with Gasteiger partial charge in [-0.25, -0.2) is 4.99 Å². The molecule has 0 aromatic carbocycles. The van der Waals surface area contributed by atoms with Gasteiger partial charge >= 0.3 is 0 Å². The summed E-state index contributed by atoms with van der Waals surface area (Å²) in [6.07, 6.45) is 6.55. The Kier molecular flexibility index (Phi) is 4.65. The maximum absolute atomic E-state index is 11.2. The van der Waals surface area contributed by atoms with Gasteiger partial charge in [-0.1, -0.05) is 0 Å². The third kappa shape index (κ3) is 3.12. The third-order valence-electron chi connectivity index (χ3n) is 3.17. The van der Waals surface area contributed by atoms with Crippen LogP contribution in [-0.4, -0.2) is 54.1 Å². The summed E-state index contributed by atoms with van der Waals surface area (Å²) in [4.78, 5) is 20.8. The number of nitrogens with two attached hydrogens (primary N) is 1. The van der Waals surface area contributed by atoms with Gasteiger partial charge in [0, 0.05) is 18.8 Å². The SMILES string of the molecule is CN=C1N=C(N)C=C/C1=C/N(C=O)C1CCC(CO)O1. The van der Waals surface area contributed by atoms with Crippen molar-refractivity contribution in [2.75, 3.05) is 13.7 Å². The van der Waals surface area contributed by atoms with Crippen LogP contribution in [0.25, 0.3) is 0 Å². The zero-order valence-corrected chi connectivity index (χ0v) is 11.3. The lowest BCUT2D eigenvalue weighted by molar-refractivity contribution is -0.127. The first-order valence-corrected chi connectivity index (χ1v) is 6.38. The highest BCUT2D eigenvalue weighted by Gasteiger charge is 2.28. The van der Waals surface area contributed by atoms with Crippen molar-refractivity contribution < 1.29 is 14.6 Å². The first kappa shape index (κ1) is 14.4.